The molecule has 260 valence electrons. The van der Waals surface area contributed by atoms with Gasteiger partial charge in [0.25, 0.3) is 0 Å². The van der Waals surface area contributed by atoms with E-state index in [4.69, 9.17) is 9.15 Å². The Morgan fingerprint density at radius 1 is 0.518 bits per heavy atom. The van der Waals surface area contributed by atoms with Gasteiger partial charge in [-0.25, -0.2) is 0 Å². The number of nitrogens with zero attached hydrogens (tertiary/aromatic N) is 4. The van der Waals surface area contributed by atoms with Crippen molar-refractivity contribution >= 4 is 65.6 Å². The van der Waals surface area contributed by atoms with E-state index < -0.39 is 0 Å². The fraction of sp³-hybridized carbons (Fsp3) is 0.0400. The van der Waals surface area contributed by atoms with Gasteiger partial charge >= 0.3 is 0 Å². The molecule has 2 unspecified atom stereocenters. The van der Waals surface area contributed by atoms with Crippen LogP contribution in [0.5, 0.6) is 5.75 Å². The van der Waals surface area contributed by atoms with Crippen LogP contribution < -0.4 is 4.74 Å². The quantitative estimate of drug-likeness (QED) is 0.182. The van der Waals surface area contributed by atoms with Crippen LogP contribution >= 0.6 is 0 Å². The molecule has 0 fully saturated rings. The number of allylic oxidation sites excluding steroid dienone is 2. The molecule has 0 saturated carbocycles. The second-order valence-electron chi connectivity index (χ2n) is 14.5. The zero-order valence-corrected chi connectivity index (χ0v) is 29.8. The van der Waals surface area contributed by atoms with Gasteiger partial charge in [0.15, 0.2) is 0 Å². The van der Waals surface area contributed by atoms with Crippen LogP contribution in [0.4, 0.5) is 0 Å². The first-order valence-electron chi connectivity index (χ1n) is 18.7. The highest BCUT2D eigenvalue weighted by molar-refractivity contribution is 6.24. The molecule has 3 aromatic heterocycles. The average molecular weight is 717 g/mol. The van der Waals surface area contributed by atoms with Crippen molar-refractivity contribution in [1.82, 2.24) is 9.13 Å². The maximum atomic E-state index is 10.9. The molecule has 2 aliphatic rings. The Morgan fingerprint density at radius 2 is 1.16 bits per heavy atom. The number of hydrogen-bond donors (Lipinski definition) is 0. The van der Waals surface area contributed by atoms with E-state index in [1.54, 1.807) is 0 Å². The molecule has 10 aromatic rings. The Bertz CT molecular complexity index is 3510. The van der Waals surface area contributed by atoms with Crippen molar-refractivity contribution in [2.24, 2.45) is 0 Å². The van der Waals surface area contributed by atoms with E-state index in [-0.39, 0.29) is 12.0 Å². The van der Waals surface area contributed by atoms with Crippen molar-refractivity contribution in [3.63, 3.8) is 0 Å². The van der Waals surface area contributed by atoms with E-state index in [0.717, 1.165) is 99.4 Å². The van der Waals surface area contributed by atoms with E-state index in [9.17, 15) is 10.5 Å². The summed E-state index contributed by atoms with van der Waals surface area (Å²) in [6, 6.07) is 50.2. The molecule has 1 aliphatic carbocycles. The fourth-order valence-electron chi connectivity index (χ4n) is 9.49. The lowest BCUT2D eigenvalue weighted by Gasteiger charge is -2.21. The molecule has 6 heteroatoms. The van der Waals surface area contributed by atoms with Crippen LogP contribution in [-0.2, 0) is 0 Å². The largest absolute Gasteiger partial charge is 0.485 e. The molecule has 4 heterocycles. The monoisotopic (exact) mass is 716 g/mol. The summed E-state index contributed by atoms with van der Waals surface area (Å²) in [5, 5.41) is 28.1. The Morgan fingerprint density at radius 3 is 1.93 bits per heavy atom. The summed E-state index contributed by atoms with van der Waals surface area (Å²) in [6.07, 6.45) is 8.35. The second-order valence-corrected chi connectivity index (χ2v) is 14.5. The van der Waals surface area contributed by atoms with E-state index in [0.29, 0.717) is 11.1 Å². The first-order valence-corrected chi connectivity index (χ1v) is 18.7. The maximum Gasteiger partial charge on any atom is 0.145 e. The normalized spacial score (nSPS) is 15.8. The number of nitriles is 2. The lowest BCUT2D eigenvalue weighted by Crippen LogP contribution is -2.16. The molecule has 12 rings (SSSR count). The van der Waals surface area contributed by atoms with Gasteiger partial charge < -0.3 is 18.3 Å². The topological polar surface area (TPSA) is 79.8 Å². The molecule has 0 saturated heterocycles. The van der Waals surface area contributed by atoms with E-state index in [2.05, 4.69) is 112 Å². The third-order valence-corrected chi connectivity index (χ3v) is 11.7. The van der Waals surface area contributed by atoms with Gasteiger partial charge in [0.1, 0.15) is 35.2 Å². The SMILES string of the molecule is N#Cc1cccc(-c2cccc(C#N)c2-n2c3ccccc3c3ccc4c(c32)C2C=CC=CC2O4)c1-n1c2ccccc2c2c3oc4ccccc4c3ccc21. The van der Waals surface area contributed by atoms with Gasteiger partial charge in [0, 0.05) is 49.5 Å². The van der Waals surface area contributed by atoms with Crippen molar-refractivity contribution in [3.8, 4) is 40.4 Å². The molecule has 6 nitrogen and oxygen atoms in total. The number of benzene rings is 7. The Labute approximate surface area is 320 Å². The summed E-state index contributed by atoms with van der Waals surface area (Å²) in [5.41, 5.74) is 10.8. The summed E-state index contributed by atoms with van der Waals surface area (Å²) >= 11 is 0. The summed E-state index contributed by atoms with van der Waals surface area (Å²) in [4.78, 5) is 0. The fourth-order valence-corrected chi connectivity index (χ4v) is 9.49. The third kappa shape index (κ3) is 3.97. The molecule has 0 N–H and O–H groups in total. The van der Waals surface area contributed by atoms with Crippen LogP contribution in [0, 0.1) is 22.7 Å². The number of ether oxygens (including phenoxy) is 1. The molecule has 0 bridgehead atoms. The van der Waals surface area contributed by atoms with Crippen LogP contribution in [0.15, 0.2) is 162 Å². The molecule has 1 aliphatic heterocycles. The van der Waals surface area contributed by atoms with Crippen molar-refractivity contribution in [1.29, 1.82) is 10.5 Å². The molecule has 0 radical (unpaired) electrons. The van der Waals surface area contributed by atoms with Crippen LogP contribution in [0.2, 0.25) is 0 Å². The molecule has 0 amide bonds. The molecular weight excluding hydrogens is 689 g/mol. The van der Waals surface area contributed by atoms with E-state index in [1.165, 1.54) is 0 Å². The lowest BCUT2D eigenvalue weighted by molar-refractivity contribution is 0.269. The Balaban J connectivity index is 1.22. The minimum atomic E-state index is -0.106. The third-order valence-electron chi connectivity index (χ3n) is 11.7. The minimum Gasteiger partial charge on any atom is -0.485 e. The summed E-state index contributed by atoms with van der Waals surface area (Å²) in [6.45, 7) is 0. The number of furan rings is 1. The number of para-hydroxylation sites is 5. The van der Waals surface area contributed by atoms with Crippen molar-refractivity contribution < 1.29 is 9.15 Å². The van der Waals surface area contributed by atoms with Gasteiger partial charge in [-0.3, -0.25) is 0 Å². The highest BCUT2D eigenvalue weighted by atomic mass is 16.5. The highest BCUT2D eigenvalue weighted by Gasteiger charge is 2.36. The summed E-state index contributed by atoms with van der Waals surface area (Å²) < 4.78 is 17.6. The number of aromatic nitrogens is 2. The summed E-state index contributed by atoms with van der Waals surface area (Å²) in [7, 11) is 0. The molecule has 56 heavy (non-hydrogen) atoms. The van der Waals surface area contributed by atoms with Gasteiger partial charge in [0.05, 0.1) is 50.0 Å². The van der Waals surface area contributed by atoms with Crippen molar-refractivity contribution in [3.05, 3.63) is 174 Å². The summed E-state index contributed by atoms with van der Waals surface area (Å²) in [5.74, 6) is 0.864. The van der Waals surface area contributed by atoms with Crippen molar-refractivity contribution in [2.75, 3.05) is 0 Å². The van der Waals surface area contributed by atoms with Crippen LogP contribution in [0.1, 0.15) is 22.6 Å². The van der Waals surface area contributed by atoms with Crippen LogP contribution in [-0.4, -0.2) is 15.2 Å². The van der Waals surface area contributed by atoms with Gasteiger partial charge in [-0.05, 0) is 60.7 Å². The Hall–Kier alpha value is -7.80. The van der Waals surface area contributed by atoms with Gasteiger partial charge in [-0.15, -0.1) is 0 Å². The Kier molecular flexibility index (Phi) is 6.21. The minimum absolute atomic E-state index is 0.0182. The molecule has 7 aromatic carbocycles. The molecule has 2 atom stereocenters. The number of fused-ring (bicyclic) bond motifs is 14. The molecular formula is C50H28N4O2. The van der Waals surface area contributed by atoms with Gasteiger partial charge in [-0.2, -0.15) is 10.5 Å². The lowest BCUT2D eigenvalue weighted by atomic mass is 9.90. The van der Waals surface area contributed by atoms with Crippen LogP contribution in [0.25, 0.3) is 88.1 Å². The highest BCUT2D eigenvalue weighted by Crippen LogP contribution is 2.50. The predicted octanol–water partition coefficient (Wildman–Crippen LogP) is 12.2. The number of rotatable bonds is 3. The van der Waals surface area contributed by atoms with Crippen LogP contribution in [0.3, 0.4) is 0 Å². The zero-order chi connectivity index (χ0) is 37.1. The first-order chi connectivity index (χ1) is 27.7. The van der Waals surface area contributed by atoms with Gasteiger partial charge in [0.2, 0.25) is 0 Å². The first kappa shape index (κ1) is 30.6. The maximum absolute atomic E-state index is 10.9. The predicted molar refractivity (Wildman–Crippen MR) is 223 cm³/mol. The smallest absolute Gasteiger partial charge is 0.145 e. The van der Waals surface area contributed by atoms with Gasteiger partial charge in [-0.1, -0.05) is 97.1 Å². The molecule has 0 spiro atoms. The van der Waals surface area contributed by atoms with E-state index >= 15 is 0 Å². The second kappa shape index (κ2) is 11.4. The zero-order valence-electron chi connectivity index (χ0n) is 29.8. The standard InChI is InChI=1S/C50H28N4O2/c51-27-29-11-9-17-33(47(29)53-40-20-6-2-15-37(40)45-41(53)25-23-36-32-14-3-7-21-42(32)56-50(36)45)34-18-10-12-30(28-52)48(34)54-39-19-5-1-13-31(39)35-24-26-44-46(49(35)54)38-16-4-8-22-43(38)55-44/h1-26,38,43H. The van der Waals surface area contributed by atoms with E-state index in [1.807, 2.05) is 66.7 Å². The average Bonchev–Trinajstić information content (AvgIpc) is 4.00. The number of hydrogen-bond acceptors (Lipinski definition) is 4. The van der Waals surface area contributed by atoms with Crippen molar-refractivity contribution in [2.45, 2.75) is 12.0 Å².